The second-order valence-electron chi connectivity index (χ2n) is 7.58. The lowest BCUT2D eigenvalue weighted by Gasteiger charge is -2.35. The maximum atomic E-state index is 12.6. The van der Waals surface area contributed by atoms with E-state index in [2.05, 4.69) is 41.5 Å². The molecule has 27 heavy (non-hydrogen) atoms. The molecule has 6 heteroatoms. The Kier molecular flexibility index (Phi) is 6.85. The molecule has 1 N–H and O–H groups in total. The summed E-state index contributed by atoms with van der Waals surface area (Å²) in [6, 6.07) is 8.87. The third-order valence-electron chi connectivity index (χ3n) is 5.78. The highest BCUT2D eigenvalue weighted by Gasteiger charge is 2.29. The first-order valence-electron chi connectivity index (χ1n) is 9.98. The first kappa shape index (κ1) is 19.8. The summed E-state index contributed by atoms with van der Waals surface area (Å²) in [5.74, 6) is 0.152. The molecule has 2 amide bonds. The Balaban J connectivity index is 1.43. The summed E-state index contributed by atoms with van der Waals surface area (Å²) < 4.78 is 5.19. The van der Waals surface area contributed by atoms with E-state index in [4.69, 9.17) is 4.74 Å². The van der Waals surface area contributed by atoms with Gasteiger partial charge < -0.3 is 15.0 Å². The van der Waals surface area contributed by atoms with E-state index in [-0.39, 0.29) is 24.3 Å². The number of piperidine rings is 1. The van der Waals surface area contributed by atoms with Crippen molar-refractivity contribution in [3.8, 4) is 0 Å². The lowest BCUT2D eigenvalue weighted by molar-refractivity contribution is -0.139. The van der Waals surface area contributed by atoms with Gasteiger partial charge in [-0.1, -0.05) is 24.3 Å². The summed E-state index contributed by atoms with van der Waals surface area (Å²) in [6.07, 6.45) is 2.43. The molecule has 0 bridgehead atoms. The molecular formula is C21H31N3O3. The number of likely N-dealkylation sites (N-methyl/N-ethyl adjacent to an activating group) is 1. The van der Waals surface area contributed by atoms with Gasteiger partial charge in [-0.15, -0.1) is 0 Å². The standard InChI is InChI=1S/C21H31N3O3/c1-3-27-15-20(25)24-10-8-16(9-11-24)21(26)22-13-19-12-17-6-4-5-7-18(17)14-23(19)2/h4-7,16,19H,3,8-15H2,1-2H3,(H,22,26)/t19-/m1/s1. The molecule has 2 aliphatic rings. The monoisotopic (exact) mass is 373 g/mol. The lowest BCUT2D eigenvalue weighted by Crippen LogP contribution is -2.48. The van der Waals surface area contributed by atoms with Crippen molar-refractivity contribution in [1.82, 2.24) is 15.1 Å². The molecule has 0 spiro atoms. The minimum Gasteiger partial charge on any atom is -0.372 e. The number of amides is 2. The molecule has 0 saturated carbocycles. The largest absolute Gasteiger partial charge is 0.372 e. The van der Waals surface area contributed by atoms with Gasteiger partial charge in [-0.25, -0.2) is 0 Å². The number of nitrogens with one attached hydrogen (secondary N) is 1. The van der Waals surface area contributed by atoms with E-state index < -0.39 is 0 Å². The van der Waals surface area contributed by atoms with Gasteiger partial charge in [-0.2, -0.15) is 0 Å². The van der Waals surface area contributed by atoms with Crippen molar-refractivity contribution < 1.29 is 14.3 Å². The molecule has 148 valence electrons. The summed E-state index contributed by atoms with van der Waals surface area (Å²) in [5, 5.41) is 3.15. The van der Waals surface area contributed by atoms with Crippen molar-refractivity contribution in [2.45, 2.75) is 38.8 Å². The zero-order valence-electron chi connectivity index (χ0n) is 16.4. The molecule has 0 unspecified atom stereocenters. The van der Waals surface area contributed by atoms with Gasteiger partial charge in [0, 0.05) is 44.7 Å². The Bertz CT molecular complexity index is 656. The van der Waals surface area contributed by atoms with E-state index in [9.17, 15) is 9.59 Å². The maximum Gasteiger partial charge on any atom is 0.248 e. The van der Waals surface area contributed by atoms with Crippen LogP contribution in [0.1, 0.15) is 30.9 Å². The first-order valence-corrected chi connectivity index (χ1v) is 9.98. The fourth-order valence-corrected chi connectivity index (χ4v) is 3.98. The molecule has 0 radical (unpaired) electrons. The Labute approximate surface area is 161 Å². The quantitative estimate of drug-likeness (QED) is 0.820. The third kappa shape index (κ3) is 5.08. The van der Waals surface area contributed by atoms with E-state index in [0.717, 1.165) is 25.8 Å². The smallest absolute Gasteiger partial charge is 0.248 e. The van der Waals surface area contributed by atoms with Crippen LogP contribution in [0.2, 0.25) is 0 Å². The van der Waals surface area contributed by atoms with Crippen molar-refractivity contribution >= 4 is 11.8 Å². The second-order valence-corrected chi connectivity index (χ2v) is 7.58. The highest BCUT2D eigenvalue weighted by Crippen LogP contribution is 2.22. The number of rotatable bonds is 6. The van der Waals surface area contributed by atoms with Gasteiger partial charge in [0.2, 0.25) is 11.8 Å². The van der Waals surface area contributed by atoms with Crippen LogP contribution < -0.4 is 5.32 Å². The zero-order chi connectivity index (χ0) is 19.2. The van der Waals surface area contributed by atoms with Gasteiger partial charge in [0.15, 0.2) is 0 Å². The van der Waals surface area contributed by atoms with E-state index in [1.807, 2.05) is 11.8 Å². The van der Waals surface area contributed by atoms with Crippen molar-refractivity contribution in [1.29, 1.82) is 0 Å². The van der Waals surface area contributed by atoms with Crippen LogP contribution in [0, 0.1) is 5.92 Å². The van der Waals surface area contributed by atoms with Gasteiger partial charge >= 0.3 is 0 Å². The fraction of sp³-hybridized carbons (Fsp3) is 0.619. The number of fused-ring (bicyclic) bond motifs is 1. The van der Waals surface area contributed by atoms with Crippen molar-refractivity contribution in [3.63, 3.8) is 0 Å². The molecule has 0 aromatic heterocycles. The van der Waals surface area contributed by atoms with Crippen LogP contribution in [0.25, 0.3) is 0 Å². The molecule has 2 aliphatic heterocycles. The number of carbonyl (C=O) groups excluding carboxylic acids is 2. The number of likely N-dealkylation sites (tertiary alicyclic amines) is 1. The second kappa shape index (κ2) is 9.33. The van der Waals surface area contributed by atoms with E-state index in [1.165, 1.54) is 11.1 Å². The maximum absolute atomic E-state index is 12.6. The Hall–Kier alpha value is -1.92. The Morgan fingerprint density at radius 2 is 1.89 bits per heavy atom. The Morgan fingerprint density at radius 3 is 2.59 bits per heavy atom. The van der Waals surface area contributed by atoms with Crippen LogP contribution >= 0.6 is 0 Å². The van der Waals surface area contributed by atoms with Gasteiger partial charge in [-0.3, -0.25) is 14.5 Å². The molecular weight excluding hydrogens is 342 g/mol. The molecule has 6 nitrogen and oxygen atoms in total. The van der Waals surface area contributed by atoms with Crippen LogP contribution in [-0.2, 0) is 27.3 Å². The number of nitrogens with zero attached hydrogens (tertiary/aromatic N) is 2. The molecule has 1 aromatic carbocycles. The third-order valence-corrected chi connectivity index (χ3v) is 5.78. The van der Waals surface area contributed by atoms with E-state index in [1.54, 1.807) is 0 Å². The normalized spacial score (nSPS) is 21.0. The van der Waals surface area contributed by atoms with Crippen LogP contribution in [0.5, 0.6) is 0 Å². The molecule has 2 heterocycles. The van der Waals surface area contributed by atoms with Crippen LogP contribution in [0.4, 0.5) is 0 Å². The van der Waals surface area contributed by atoms with Gasteiger partial charge in [0.05, 0.1) is 0 Å². The minimum absolute atomic E-state index is 0.00215. The number of hydrogen-bond acceptors (Lipinski definition) is 4. The molecule has 1 aromatic rings. The predicted molar refractivity (Wildman–Crippen MR) is 104 cm³/mol. The SMILES string of the molecule is CCOCC(=O)N1CCC(C(=O)NC[C@H]2Cc3ccccc3CN2C)CC1. The number of carbonyl (C=O) groups is 2. The highest BCUT2D eigenvalue weighted by atomic mass is 16.5. The van der Waals surface area contributed by atoms with Crippen molar-refractivity contribution in [3.05, 3.63) is 35.4 Å². The average Bonchev–Trinajstić information content (AvgIpc) is 2.70. The van der Waals surface area contributed by atoms with Crippen LogP contribution in [0.3, 0.4) is 0 Å². The number of hydrogen-bond donors (Lipinski definition) is 1. The highest BCUT2D eigenvalue weighted by molar-refractivity contribution is 5.80. The predicted octanol–water partition coefficient (Wildman–Crippen LogP) is 1.43. The summed E-state index contributed by atoms with van der Waals surface area (Å²) in [4.78, 5) is 28.7. The van der Waals surface area contributed by atoms with Gasteiger partial charge in [-0.05, 0) is 44.4 Å². The molecule has 0 aliphatic carbocycles. The van der Waals surface area contributed by atoms with Crippen LogP contribution in [-0.4, -0.2) is 67.6 Å². The van der Waals surface area contributed by atoms with Gasteiger partial charge in [0.25, 0.3) is 0 Å². The molecule has 1 atom stereocenters. The molecule has 1 saturated heterocycles. The Morgan fingerprint density at radius 1 is 1.19 bits per heavy atom. The summed E-state index contributed by atoms with van der Waals surface area (Å²) in [6.45, 7) is 5.45. The van der Waals surface area contributed by atoms with Crippen molar-refractivity contribution in [2.75, 3.05) is 39.9 Å². The summed E-state index contributed by atoms with van der Waals surface area (Å²) in [7, 11) is 2.12. The zero-order valence-corrected chi connectivity index (χ0v) is 16.4. The van der Waals surface area contributed by atoms with Gasteiger partial charge in [0.1, 0.15) is 6.61 Å². The summed E-state index contributed by atoms with van der Waals surface area (Å²) >= 11 is 0. The first-order chi connectivity index (χ1) is 13.1. The topological polar surface area (TPSA) is 61.9 Å². The van der Waals surface area contributed by atoms with Crippen LogP contribution in [0.15, 0.2) is 24.3 Å². The summed E-state index contributed by atoms with van der Waals surface area (Å²) in [5.41, 5.74) is 2.77. The van der Waals surface area contributed by atoms with E-state index >= 15 is 0 Å². The fourth-order valence-electron chi connectivity index (χ4n) is 3.98. The molecule has 3 rings (SSSR count). The molecule has 1 fully saturated rings. The average molecular weight is 373 g/mol. The van der Waals surface area contributed by atoms with E-state index in [0.29, 0.717) is 32.3 Å². The lowest BCUT2D eigenvalue weighted by atomic mass is 9.93. The van der Waals surface area contributed by atoms with Crippen molar-refractivity contribution in [2.24, 2.45) is 5.92 Å². The number of benzene rings is 1. The minimum atomic E-state index is 0.00215. The number of ether oxygens (including phenoxy) is 1.